The van der Waals surface area contributed by atoms with E-state index in [1.807, 2.05) is 12.1 Å². The van der Waals surface area contributed by atoms with Crippen molar-refractivity contribution in [3.05, 3.63) is 51.9 Å². The number of hydrogen-bond acceptors (Lipinski definition) is 2. The van der Waals surface area contributed by atoms with Gasteiger partial charge in [0.05, 0.1) is 0 Å². The minimum atomic E-state index is -0.176. The molecule has 1 aromatic rings. The first-order valence-corrected chi connectivity index (χ1v) is 8.00. The van der Waals surface area contributed by atoms with E-state index in [1.54, 1.807) is 0 Å². The summed E-state index contributed by atoms with van der Waals surface area (Å²) in [6, 6.07) is 5.28. The van der Waals surface area contributed by atoms with Crippen molar-refractivity contribution in [1.29, 1.82) is 0 Å². The Morgan fingerprint density at radius 2 is 1.81 bits per heavy atom. The first kappa shape index (κ1) is 16.2. The van der Waals surface area contributed by atoms with Crippen molar-refractivity contribution in [2.24, 2.45) is 0 Å². The van der Waals surface area contributed by atoms with Crippen molar-refractivity contribution in [2.45, 2.75) is 12.8 Å². The molecule has 0 heterocycles. The standard InChI is InChI=1S/C17H22BrFN2/c1-20(2)10-11-21(3)17-7-5-4-6-15(17)14-9-8-13(18)12-16(14)19/h6-9,12H,4-5,10-11H2,1-3H3. The number of nitrogens with zero attached hydrogens (tertiary/aromatic N) is 2. The summed E-state index contributed by atoms with van der Waals surface area (Å²) in [6.07, 6.45) is 6.35. The Bertz CT molecular complexity index is 564. The largest absolute Gasteiger partial charge is 0.373 e. The fraction of sp³-hybridized carbons (Fsp3) is 0.412. The minimum Gasteiger partial charge on any atom is -0.373 e. The summed E-state index contributed by atoms with van der Waals surface area (Å²) in [5.74, 6) is -0.176. The van der Waals surface area contributed by atoms with Gasteiger partial charge in [-0.15, -0.1) is 0 Å². The smallest absolute Gasteiger partial charge is 0.132 e. The summed E-state index contributed by atoms with van der Waals surface area (Å²) in [6.45, 7) is 1.90. The predicted octanol–water partition coefficient (Wildman–Crippen LogP) is 4.14. The maximum atomic E-state index is 14.3. The molecule has 1 aromatic carbocycles. The van der Waals surface area contributed by atoms with Crippen LogP contribution in [0.15, 0.2) is 40.5 Å². The van der Waals surface area contributed by atoms with Crippen molar-refractivity contribution < 1.29 is 4.39 Å². The number of rotatable bonds is 5. The molecule has 0 amide bonds. The lowest BCUT2D eigenvalue weighted by Crippen LogP contribution is -2.29. The Balaban J connectivity index is 2.24. The molecular weight excluding hydrogens is 331 g/mol. The average molecular weight is 353 g/mol. The maximum absolute atomic E-state index is 14.3. The van der Waals surface area contributed by atoms with E-state index in [9.17, 15) is 4.39 Å². The molecule has 114 valence electrons. The molecule has 0 aliphatic heterocycles. The Labute approximate surface area is 135 Å². The molecule has 4 heteroatoms. The van der Waals surface area contributed by atoms with Gasteiger partial charge in [-0.25, -0.2) is 4.39 Å². The van der Waals surface area contributed by atoms with Gasteiger partial charge in [0.25, 0.3) is 0 Å². The first-order valence-electron chi connectivity index (χ1n) is 7.21. The van der Waals surface area contributed by atoms with Crippen molar-refractivity contribution in [1.82, 2.24) is 9.80 Å². The van der Waals surface area contributed by atoms with Gasteiger partial charge in [0.15, 0.2) is 0 Å². The predicted molar refractivity (Wildman–Crippen MR) is 90.6 cm³/mol. The lowest BCUT2D eigenvalue weighted by molar-refractivity contribution is 0.331. The second-order valence-corrected chi connectivity index (χ2v) is 6.55. The van der Waals surface area contributed by atoms with Gasteiger partial charge in [0.2, 0.25) is 0 Å². The summed E-state index contributed by atoms with van der Waals surface area (Å²) >= 11 is 3.32. The molecule has 0 N–H and O–H groups in total. The van der Waals surface area contributed by atoms with Crippen molar-refractivity contribution in [2.75, 3.05) is 34.2 Å². The number of benzene rings is 1. The molecule has 0 saturated carbocycles. The highest BCUT2D eigenvalue weighted by Crippen LogP contribution is 2.32. The zero-order valence-corrected chi connectivity index (χ0v) is 14.5. The van der Waals surface area contributed by atoms with E-state index < -0.39 is 0 Å². The normalized spacial score (nSPS) is 15.0. The number of hydrogen-bond donors (Lipinski definition) is 0. The van der Waals surface area contributed by atoms with Gasteiger partial charge in [-0.2, -0.15) is 0 Å². The molecule has 0 radical (unpaired) electrons. The number of likely N-dealkylation sites (N-methyl/N-ethyl adjacent to an activating group) is 2. The van der Waals surface area contributed by atoms with Gasteiger partial charge in [-0.05, 0) is 39.1 Å². The van der Waals surface area contributed by atoms with Gasteiger partial charge in [0, 0.05) is 41.4 Å². The van der Waals surface area contributed by atoms with Crippen LogP contribution in [0.25, 0.3) is 5.57 Å². The molecule has 0 unspecified atom stereocenters. The SMILES string of the molecule is CN(C)CCN(C)C1=CCCC=C1c1ccc(Br)cc1F. The Hall–Kier alpha value is -1.13. The molecule has 21 heavy (non-hydrogen) atoms. The first-order chi connectivity index (χ1) is 9.99. The van der Waals surface area contributed by atoms with Crippen LogP contribution in [0.1, 0.15) is 18.4 Å². The van der Waals surface area contributed by atoms with Crippen LogP contribution in [0.5, 0.6) is 0 Å². The fourth-order valence-electron chi connectivity index (χ4n) is 2.45. The summed E-state index contributed by atoms with van der Waals surface area (Å²) in [5, 5.41) is 0. The highest BCUT2D eigenvalue weighted by molar-refractivity contribution is 9.10. The lowest BCUT2D eigenvalue weighted by atomic mass is 9.95. The second-order valence-electron chi connectivity index (χ2n) is 5.63. The maximum Gasteiger partial charge on any atom is 0.132 e. The molecule has 2 nitrogen and oxygen atoms in total. The summed E-state index contributed by atoms with van der Waals surface area (Å²) < 4.78 is 15.0. The molecule has 1 aliphatic carbocycles. The van der Waals surface area contributed by atoms with Crippen LogP contribution in [0.2, 0.25) is 0 Å². The molecule has 0 aromatic heterocycles. The third kappa shape index (κ3) is 4.17. The third-order valence-corrected chi connectivity index (χ3v) is 4.14. The molecule has 0 spiro atoms. The van der Waals surface area contributed by atoms with Crippen molar-refractivity contribution >= 4 is 21.5 Å². The minimum absolute atomic E-state index is 0.176. The van der Waals surface area contributed by atoms with Crippen LogP contribution in [-0.2, 0) is 0 Å². The summed E-state index contributed by atoms with van der Waals surface area (Å²) in [7, 11) is 6.20. The van der Waals surface area contributed by atoms with E-state index >= 15 is 0 Å². The molecule has 1 aliphatic rings. The van der Waals surface area contributed by atoms with E-state index in [1.165, 1.54) is 6.07 Å². The third-order valence-electron chi connectivity index (χ3n) is 3.64. The zero-order chi connectivity index (χ0) is 15.4. The molecule has 2 rings (SSSR count). The molecular formula is C17H22BrFN2. The highest BCUT2D eigenvalue weighted by atomic mass is 79.9. The summed E-state index contributed by atoms with van der Waals surface area (Å²) in [5.41, 5.74) is 2.82. The van der Waals surface area contributed by atoms with Crippen LogP contribution < -0.4 is 0 Å². The van der Waals surface area contributed by atoms with E-state index in [0.717, 1.165) is 41.7 Å². The van der Waals surface area contributed by atoms with Crippen LogP contribution >= 0.6 is 15.9 Å². The van der Waals surface area contributed by atoms with Gasteiger partial charge in [0.1, 0.15) is 5.82 Å². The monoisotopic (exact) mass is 352 g/mol. The van der Waals surface area contributed by atoms with Gasteiger partial charge in [-0.3, -0.25) is 0 Å². The molecule has 0 atom stereocenters. The van der Waals surface area contributed by atoms with Crippen LogP contribution in [-0.4, -0.2) is 44.0 Å². The van der Waals surface area contributed by atoms with Gasteiger partial charge >= 0.3 is 0 Å². The van der Waals surface area contributed by atoms with E-state index in [-0.39, 0.29) is 5.82 Å². The number of allylic oxidation sites excluding steroid dienone is 3. The van der Waals surface area contributed by atoms with E-state index in [0.29, 0.717) is 5.56 Å². The summed E-state index contributed by atoms with van der Waals surface area (Å²) in [4.78, 5) is 4.37. The Kier molecular flexibility index (Phi) is 5.59. The van der Waals surface area contributed by atoms with Crippen LogP contribution in [0.4, 0.5) is 4.39 Å². The van der Waals surface area contributed by atoms with E-state index in [4.69, 9.17) is 0 Å². The highest BCUT2D eigenvalue weighted by Gasteiger charge is 2.18. The van der Waals surface area contributed by atoms with Gasteiger partial charge < -0.3 is 9.80 Å². The lowest BCUT2D eigenvalue weighted by Gasteiger charge is -2.28. The van der Waals surface area contributed by atoms with Gasteiger partial charge in [-0.1, -0.05) is 34.1 Å². The second kappa shape index (κ2) is 7.23. The van der Waals surface area contributed by atoms with Crippen molar-refractivity contribution in [3.8, 4) is 0 Å². The topological polar surface area (TPSA) is 6.48 Å². The molecule has 0 bridgehead atoms. The van der Waals surface area contributed by atoms with E-state index in [2.05, 4.69) is 59.0 Å². The Morgan fingerprint density at radius 1 is 1.10 bits per heavy atom. The zero-order valence-electron chi connectivity index (χ0n) is 12.9. The Morgan fingerprint density at radius 3 is 2.48 bits per heavy atom. The quantitative estimate of drug-likeness (QED) is 0.785. The fourth-order valence-corrected chi connectivity index (χ4v) is 2.78. The molecule has 0 fully saturated rings. The van der Waals surface area contributed by atoms with Crippen LogP contribution in [0.3, 0.4) is 0 Å². The number of halogens is 2. The average Bonchev–Trinajstić information content (AvgIpc) is 2.45. The van der Waals surface area contributed by atoms with Crippen molar-refractivity contribution in [3.63, 3.8) is 0 Å². The molecule has 0 saturated heterocycles. The van der Waals surface area contributed by atoms with Crippen LogP contribution in [0, 0.1) is 5.82 Å².